The largest absolute Gasteiger partial charge is 0.508 e. The van der Waals surface area contributed by atoms with E-state index in [4.69, 9.17) is 0 Å². The molecule has 4 unspecified atom stereocenters. The van der Waals surface area contributed by atoms with Crippen molar-refractivity contribution in [2.24, 2.45) is 34.5 Å². The van der Waals surface area contributed by atoms with Crippen molar-refractivity contribution in [2.45, 2.75) is 158 Å². The Bertz CT molecular complexity index is 1410. The number of hydrogen-bond donors (Lipinski definition) is 3. The highest BCUT2D eigenvalue weighted by molar-refractivity contribution is 5.69. The maximum Gasteiger partial charge on any atom is 0.460 e. The summed E-state index contributed by atoms with van der Waals surface area (Å²) in [6.45, 7) is 2.30. The molecule has 4 aliphatic rings. The number of benzene rings is 1. The Balaban J connectivity index is 1.06. The molecule has 5 rings (SSSR count). The molecular formula is C38H50F10O4. The third-order valence-electron chi connectivity index (χ3n) is 13.6. The average Bonchev–Trinajstić information content (AvgIpc) is 3.84. The van der Waals surface area contributed by atoms with Gasteiger partial charge in [-0.05, 0) is 110 Å². The van der Waals surface area contributed by atoms with Crippen LogP contribution < -0.4 is 0 Å². The number of fused-ring (bicyclic) bond motifs is 6. The standard InChI is InChI=1S/C38H50F10O4/c1-33-17-15-25-24-14-13-23(49)20-27(24)31(39)26(30(25)28(33)21-29(50)34(33)18-19-34)12-8-6-4-2-3-5-7-10-22(32(51)52)11-9-16-35(40,41)36(42,43)37(44,45)38(46,47)48/h13-14,20,22,25-26,28-31,49-50H,2-12,15-19,21H2,1H3,(H,51,52)/t22?,25?,26-,28?,29+,30?,31+,33-/m0/s1. The Morgan fingerprint density at radius 3 is 2.04 bits per heavy atom. The zero-order valence-corrected chi connectivity index (χ0v) is 29.3. The zero-order valence-electron chi connectivity index (χ0n) is 29.3. The number of phenolic OH excluding ortho intramolecular Hbond substituents is 1. The number of phenols is 1. The van der Waals surface area contributed by atoms with E-state index in [9.17, 15) is 59.6 Å². The quantitative estimate of drug-likeness (QED) is 0.109. The first-order chi connectivity index (χ1) is 24.1. The molecule has 0 saturated heterocycles. The number of carbonyl (C=O) groups is 1. The number of aliphatic carboxylic acids is 1. The van der Waals surface area contributed by atoms with Gasteiger partial charge in [0.2, 0.25) is 0 Å². The highest BCUT2D eigenvalue weighted by Crippen LogP contribution is 2.77. The fraction of sp³-hybridized carbons (Fsp3) is 0.816. The summed E-state index contributed by atoms with van der Waals surface area (Å²) < 4.78 is 134. The van der Waals surface area contributed by atoms with E-state index in [-0.39, 0.29) is 52.8 Å². The van der Waals surface area contributed by atoms with Gasteiger partial charge in [-0.1, -0.05) is 57.9 Å². The summed E-state index contributed by atoms with van der Waals surface area (Å²) in [4.78, 5) is 11.6. The number of aromatic hydroxyl groups is 1. The number of hydrogen-bond acceptors (Lipinski definition) is 3. The summed E-state index contributed by atoms with van der Waals surface area (Å²) in [6, 6.07) is 5.07. The monoisotopic (exact) mass is 760 g/mol. The number of carboxylic acid groups (broad SMARTS) is 1. The number of alkyl halides is 10. The van der Waals surface area contributed by atoms with Gasteiger partial charge >= 0.3 is 29.9 Å². The van der Waals surface area contributed by atoms with Crippen molar-refractivity contribution >= 4 is 5.97 Å². The molecule has 3 N–H and O–H groups in total. The highest BCUT2D eigenvalue weighted by Gasteiger charge is 2.81. The highest BCUT2D eigenvalue weighted by atomic mass is 19.4. The molecule has 0 aliphatic heterocycles. The molecule has 4 aliphatic carbocycles. The van der Waals surface area contributed by atoms with Crippen molar-refractivity contribution in [3.8, 4) is 5.75 Å². The topological polar surface area (TPSA) is 77.8 Å². The Morgan fingerprint density at radius 2 is 1.44 bits per heavy atom. The Morgan fingerprint density at radius 1 is 0.846 bits per heavy atom. The SMILES string of the molecule is C[C@]12CCC3c4ccc(O)cc4[C@H](F)[C@@H](CCCCCCCCCC(CCCC(F)(F)C(F)(F)C(F)(F)C(F)(F)F)C(=O)O)C3C1C[C@@H](O)C21CC1. The van der Waals surface area contributed by atoms with Crippen LogP contribution in [0.5, 0.6) is 5.75 Å². The summed E-state index contributed by atoms with van der Waals surface area (Å²) in [6.07, 6.45) is -1.80. The predicted octanol–water partition coefficient (Wildman–Crippen LogP) is 11.5. The van der Waals surface area contributed by atoms with E-state index in [1.165, 1.54) is 0 Å². The van der Waals surface area contributed by atoms with Crippen LogP contribution >= 0.6 is 0 Å². The van der Waals surface area contributed by atoms with Gasteiger partial charge in [-0.25, -0.2) is 4.39 Å². The lowest BCUT2D eigenvalue weighted by Crippen LogP contribution is -2.60. The van der Waals surface area contributed by atoms with Crippen molar-refractivity contribution in [3.63, 3.8) is 0 Å². The molecule has 0 heterocycles. The minimum atomic E-state index is -6.96. The van der Waals surface area contributed by atoms with Gasteiger partial charge in [0, 0.05) is 11.8 Å². The van der Waals surface area contributed by atoms with Crippen LogP contribution in [-0.2, 0) is 4.79 Å². The molecule has 0 bridgehead atoms. The normalized spacial score (nSPS) is 30.5. The maximum atomic E-state index is 16.4. The van der Waals surface area contributed by atoms with Crippen molar-refractivity contribution in [3.05, 3.63) is 29.3 Å². The van der Waals surface area contributed by atoms with E-state index < -0.39 is 61.3 Å². The lowest BCUT2D eigenvalue weighted by atomic mass is 9.50. The van der Waals surface area contributed by atoms with Crippen LogP contribution in [0.4, 0.5) is 43.9 Å². The van der Waals surface area contributed by atoms with Crippen molar-refractivity contribution in [1.82, 2.24) is 0 Å². The van der Waals surface area contributed by atoms with Gasteiger partial charge in [-0.15, -0.1) is 0 Å². The number of aliphatic hydroxyl groups is 1. The number of rotatable bonds is 17. The maximum absolute atomic E-state index is 16.4. The molecule has 296 valence electrons. The predicted molar refractivity (Wildman–Crippen MR) is 172 cm³/mol. The van der Waals surface area contributed by atoms with E-state index in [2.05, 4.69) is 6.92 Å². The van der Waals surface area contributed by atoms with Crippen molar-refractivity contribution in [2.75, 3.05) is 0 Å². The summed E-state index contributed by atoms with van der Waals surface area (Å²) in [5.41, 5.74) is 1.48. The van der Waals surface area contributed by atoms with Crippen LogP contribution in [0.1, 0.15) is 139 Å². The van der Waals surface area contributed by atoms with Gasteiger partial charge in [0.25, 0.3) is 0 Å². The number of unbranched alkanes of at least 4 members (excludes halogenated alkanes) is 6. The molecule has 4 nitrogen and oxygen atoms in total. The molecule has 8 atom stereocenters. The number of carboxylic acids is 1. The van der Waals surface area contributed by atoms with Gasteiger partial charge in [0.05, 0.1) is 12.0 Å². The summed E-state index contributed by atoms with van der Waals surface area (Å²) in [5, 5.41) is 30.8. The molecular weight excluding hydrogens is 710 g/mol. The minimum absolute atomic E-state index is 0.00519. The minimum Gasteiger partial charge on any atom is -0.508 e. The molecule has 1 spiro atoms. The van der Waals surface area contributed by atoms with Gasteiger partial charge in [-0.3, -0.25) is 4.79 Å². The van der Waals surface area contributed by atoms with Gasteiger partial charge in [0.15, 0.2) is 0 Å². The Kier molecular flexibility index (Phi) is 11.6. The van der Waals surface area contributed by atoms with Crippen LogP contribution in [0.2, 0.25) is 0 Å². The van der Waals surface area contributed by atoms with Crippen LogP contribution in [0.25, 0.3) is 0 Å². The van der Waals surface area contributed by atoms with Gasteiger partial charge in [0.1, 0.15) is 11.9 Å². The molecule has 0 aromatic heterocycles. The summed E-state index contributed by atoms with van der Waals surface area (Å²) in [5.74, 6) is -21.7. The molecule has 0 radical (unpaired) electrons. The van der Waals surface area contributed by atoms with Crippen molar-refractivity contribution < 1.29 is 64.0 Å². The number of aliphatic hydroxyl groups excluding tert-OH is 1. The smallest absolute Gasteiger partial charge is 0.460 e. The molecule has 1 aromatic rings. The van der Waals surface area contributed by atoms with Crippen molar-refractivity contribution in [1.29, 1.82) is 0 Å². The van der Waals surface area contributed by atoms with Gasteiger partial charge < -0.3 is 15.3 Å². The number of halogens is 10. The fourth-order valence-electron chi connectivity index (χ4n) is 10.5. The fourth-order valence-corrected chi connectivity index (χ4v) is 10.5. The summed E-state index contributed by atoms with van der Waals surface area (Å²) in [7, 11) is 0. The van der Waals surface area contributed by atoms with Crippen LogP contribution in [0.3, 0.4) is 0 Å². The molecule has 0 amide bonds. The van der Waals surface area contributed by atoms with E-state index in [0.29, 0.717) is 31.2 Å². The van der Waals surface area contributed by atoms with E-state index >= 15 is 4.39 Å². The second kappa shape index (κ2) is 14.8. The molecule has 1 aromatic carbocycles. The van der Waals surface area contributed by atoms with Gasteiger partial charge in [-0.2, -0.15) is 39.5 Å². The Labute approximate surface area is 297 Å². The van der Waals surface area contributed by atoms with E-state index in [1.54, 1.807) is 12.1 Å². The molecule has 3 fully saturated rings. The second-order valence-electron chi connectivity index (χ2n) is 16.4. The summed E-state index contributed by atoms with van der Waals surface area (Å²) >= 11 is 0. The lowest BCUT2D eigenvalue weighted by molar-refractivity contribution is -0.396. The molecule has 52 heavy (non-hydrogen) atoms. The van der Waals surface area contributed by atoms with E-state index in [0.717, 1.165) is 63.4 Å². The average molecular weight is 761 g/mol. The van der Waals surface area contributed by atoms with Crippen LogP contribution in [0.15, 0.2) is 18.2 Å². The lowest BCUT2D eigenvalue weighted by Gasteiger charge is -2.54. The molecule has 3 saturated carbocycles. The Hall–Kier alpha value is -2.25. The third kappa shape index (κ3) is 7.16. The first-order valence-corrected chi connectivity index (χ1v) is 18.7. The van der Waals surface area contributed by atoms with E-state index in [1.807, 2.05) is 6.07 Å². The zero-order chi connectivity index (χ0) is 38.5. The molecule has 14 heteroatoms. The second-order valence-corrected chi connectivity index (χ2v) is 16.4. The third-order valence-corrected chi connectivity index (χ3v) is 13.6. The van der Waals surface area contributed by atoms with Crippen LogP contribution in [0, 0.1) is 34.5 Å². The first-order valence-electron chi connectivity index (χ1n) is 18.7. The van der Waals surface area contributed by atoms with Crippen LogP contribution in [-0.4, -0.2) is 51.3 Å². The first kappa shape index (κ1) is 40.9.